The van der Waals surface area contributed by atoms with Crippen molar-refractivity contribution in [3.05, 3.63) is 0 Å². The van der Waals surface area contributed by atoms with Crippen molar-refractivity contribution in [3.8, 4) is 0 Å². The van der Waals surface area contributed by atoms with Gasteiger partial charge in [-0.05, 0) is 25.7 Å². The van der Waals surface area contributed by atoms with Gasteiger partial charge in [0.15, 0.2) is 0 Å². The van der Waals surface area contributed by atoms with Crippen LogP contribution in [0.25, 0.3) is 0 Å². The van der Waals surface area contributed by atoms with Gasteiger partial charge in [-0.25, -0.2) is 0 Å². The quantitative estimate of drug-likeness (QED) is 0.714. The molecule has 1 aliphatic rings. The molecule has 0 spiro atoms. The summed E-state index contributed by atoms with van der Waals surface area (Å²) in [4.78, 5) is 0. The van der Waals surface area contributed by atoms with Gasteiger partial charge in [-0.3, -0.25) is 5.32 Å². The Bertz CT molecular complexity index is 167. The van der Waals surface area contributed by atoms with Gasteiger partial charge in [0.05, 0.1) is 6.61 Å². The minimum absolute atomic E-state index is 0. The van der Waals surface area contributed by atoms with Crippen molar-refractivity contribution in [1.82, 2.24) is 5.32 Å². The molecule has 1 aliphatic heterocycles. The molecular weight excluding hydrogens is 186 g/mol. The maximum absolute atomic E-state index is 5.72. The van der Waals surface area contributed by atoms with Gasteiger partial charge >= 0.3 is 0 Å². The standard InChI is InChI=1S/C10H21NO.ClH/c1-8-6-12-10(5,11-8)7-9(2,3)4;/h8,11H,6-7H2,1-5H3;1H. The number of halogens is 1. The van der Waals surface area contributed by atoms with E-state index in [1.165, 1.54) is 0 Å². The highest BCUT2D eigenvalue weighted by Gasteiger charge is 2.36. The van der Waals surface area contributed by atoms with Crippen LogP contribution in [0.15, 0.2) is 0 Å². The summed E-state index contributed by atoms with van der Waals surface area (Å²) < 4.78 is 5.72. The van der Waals surface area contributed by atoms with Crippen molar-refractivity contribution in [2.24, 2.45) is 5.41 Å². The molecule has 13 heavy (non-hydrogen) atoms. The van der Waals surface area contributed by atoms with Crippen molar-refractivity contribution >= 4 is 12.4 Å². The highest BCUT2D eigenvalue weighted by molar-refractivity contribution is 5.85. The van der Waals surface area contributed by atoms with Crippen LogP contribution in [0.2, 0.25) is 0 Å². The largest absolute Gasteiger partial charge is 0.359 e. The third kappa shape index (κ3) is 4.30. The minimum Gasteiger partial charge on any atom is -0.359 e. The van der Waals surface area contributed by atoms with Crippen molar-refractivity contribution in [2.45, 2.75) is 52.8 Å². The maximum atomic E-state index is 5.72. The van der Waals surface area contributed by atoms with Gasteiger partial charge in [-0.2, -0.15) is 0 Å². The molecular formula is C10H22ClNO. The first-order valence-corrected chi connectivity index (χ1v) is 4.72. The molecule has 0 aromatic carbocycles. The lowest BCUT2D eigenvalue weighted by Crippen LogP contribution is -2.43. The Labute approximate surface area is 87.8 Å². The zero-order valence-corrected chi connectivity index (χ0v) is 10.1. The van der Waals surface area contributed by atoms with Crippen LogP contribution in [0.3, 0.4) is 0 Å². The molecule has 0 aliphatic carbocycles. The Morgan fingerprint density at radius 2 is 2.00 bits per heavy atom. The molecule has 80 valence electrons. The molecule has 1 heterocycles. The third-order valence-electron chi connectivity index (χ3n) is 2.07. The third-order valence-corrected chi connectivity index (χ3v) is 2.07. The second kappa shape index (κ2) is 4.16. The summed E-state index contributed by atoms with van der Waals surface area (Å²) in [6.07, 6.45) is 1.06. The lowest BCUT2D eigenvalue weighted by molar-refractivity contribution is -0.0242. The summed E-state index contributed by atoms with van der Waals surface area (Å²) in [5, 5.41) is 3.46. The summed E-state index contributed by atoms with van der Waals surface area (Å²) in [7, 11) is 0. The van der Waals surface area contributed by atoms with Crippen molar-refractivity contribution < 1.29 is 4.74 Å². The van der Waals surface area contributed by atoms with Gasteiger partial charge < -0.3 is 4.74 Å². The number of ether oxygens (including phenoxy) is 1. The Morgan fingerprint density at radius 3 is 2.31 bits per heavy atom. The first kappa shape index (κ1) is 13.2. The summed E-state index contributed by atoms with van der Waals surface area (Å²) >= 11 is 0. The van der Waals surface area contributed by atoms with E-state index in [1.807, 2.05) is 0 Å². The first-order valence-electron chi connectivity index (χ1n) is 4.72. The van der Waals surface area contributed by atoms with E-state index in [4.69, 9.17) is 4.74 Å². The molecule has 3 heteroatoms. The van der Waals surface area contributed by atoms with Gasteiger partial charge in [-0.1, -0.05) is 20.8 Å². The zero-order chi connectivity index (χ0) is 9.41. The Kier molecular flexibility index (Phi) is 4.23. The van der Waals surface area contributed by atoms with Crippen LogP contribution in [-0.2, 0) is 4.74 Å². The number of rotatable bonds is 1. The molecule has 0 amide bonds. The predicted molar refractivity (Wildman–Crippen MR) is 58.3 cm³/mol. The lowest BCUT2D eigenvalue weighted by atomic mass is 9.87. The van der Waals surface area contributed by atoms with Gasteiger partial charge in [0.2, 0.25) is 0 Å². The highest BCUT2D eigenvalue weighted by Crippen LogP contribution is 2.30. The van der Waals surface area contributed by atoms with Gasteiger partial charge in [0.25, 0.3) is 0 Å². The summed E-state index contributed by atoms with van der Waals surface area (Å²) in [6.45, 7) is 11.9. The van der Waals surface area contributed by atoms with Crippen molar-refractivity contribution in [3.63, 3.8) is 0 Å². The monoisotopic (exact) mass is 207 g/mol. The van der Waals surface area contributed by atoms with E-state index in [1.54, 1.807) is 0 Å². The van der Waals surface area contributed by atoms with Crippen LogP contribution in [0, 0.1) is 5.41 Å². The number of hydrogen-bond acceptors (Lipinski definition) is 2. The van der Waals surface area contributed by atoms with Gasteiger partial charge in [-0.15, -0.1) is 12.4 Å². The first-order chi connectivity index (χ1) is 5.31. The fourth-order valence-corrected chi connectivity index (χ4v) is 2.03. The molecule has 2 atom stereocenters. The van der Waals surface area contributed by atoms with E-state index in [0.717, 1.165) is 13.0 Å². The summed E-state index contributed by atoms with van der Waals surface area (Å²) in [6, 6.07) is 0.498. The molecule has 1 fully saturated rings. The van der Waals surface area contributed by atoms with Crippen molar-refractivity contribution in [1.29, 1.82) is 0 Å². The molecule has 0 aromatic rings. The predicted octanol–water partition coefficient (Wildman–Crippen LogP) is 2.57. The highest BCUT2D eigenvalue weighted by atomic mass is 35.5. The Hall–Kier alpha value is 0.210. The van der Waals surface area contributed by atoms with Gasteiger partial charge in [0, 0.05) is 6.04 Å². The smallest absolute Gasteiger partial charge is 0.117 e. The van der Waals surface area contributed by atoms with Crippen LogP contribution >= 0.6 is 12.4 Å². The van der Waals surface area contributed by atoms with Crippen LogP contribution in [0.4, 0.5) is 0 Å². The zero-order valence-electron chi connectivity index (χ0n) is 9.31. The Morgan fingerprint density at radius 1 is 1.46 bits per heavy atom. The SMILES string of the molecule is CC1COC(C)(CC(C)(C)C)N1.Cl. The second-order valence-corrected chi connectivity index (χ2v) is 5.32. The second-order valence-electron chi connectivity index (χ2n) is 5.32. The molecule has 0 bridgehead atoms. The van der Waals surface area contributed by atoms with E-state index in [0.29, 0.717) is 11.5 Å². The van der Waals surface area contributed by atoms with Gasteiger partial charge in [0.1, 0.15) is 5.72 Å². The molecule has 2 nitrogen and oxygen atoms in total. The number of hydrogen-bond donors (Lipinski definition) is 1. The number of nitrogens with one attached hydrogen (secondary N) is 1. The van der Waals surface area contributed by atoms with E-state index < -0.39 is 0 Å². The fourth-order valence-electron chi connectivity index (χ4n) is 2.03. The molecule has 0 aromatic heterocycles. The maximum Gasteiger partial charge on any atom is 0.117 e. The average Bonchev–Trinajstić information content (AvgIpc) is 2.05. The minimum atomic E-state index is -0.0995. The fraction of sp³-hybridized carbons (Fsp3) is 1.00. The molecule has 0 radical (unpaired) electrons. The topological polar surface area (TPSA) is 21.3 Å². The molecule has 1 rings (SSSR count). The summed E-state index contributed by atoms with van der Waals surface area (Å²) in [5.74, 6) is 0. The van der Waals surface area contributed by atoms with Crippen LogP contribution in [0.5, 0.6) is 0 Å². The van der Waals surface area contributed by atoms with Crippen LogP contribution in [0.1, 0.15) is 41.0 Å². The lowest BCUT2D eigenvalue weighted by Gasteiger charge is -2.31. The van der Waals surface area contributed by atoms with Crippen LogP contribution < -0.4 is 5.32 Å². The van der Waals surface area contributed by atoms with E-state index >= 15 is 0 Å². The van der Waals surface area contributed by atoms with Crippen LogP contribution in [-0.4, -0.2) is 18.4 Å². The summed E-state index contributed by atoms with van der Waals surface area (Å²) in [5.41, 5.74) is 0.226. The molecule has 1 N–H and O–H groups in total. The van der Waals surface area contributed by atoms with E-state index in [9.17, 15) is 0 Å². The van der Waals surface area contributed by atoms with E-state index in [-0.39, 0.29) is 18.1 Å². The van der Waals surface area contributed by atoms with Crippen molar-refractivity contribution in [2.75, 3.05) is 6.61 Å². The molecule has 2 unspecified atom stereocenters. The average molecular weight is 208 g/mol. The molecule has 0 saturated carbocycles. The van der Waals surface area contributed by atoms with E-state index in [2.05, 4.69) is 39.9 Å². The molecule has 1 saturated heterocycles. The normalized spacial score (nSPS) is 34.4. The Balaban J connectivity index is 0.00000144.